The van der Waals surface area contributed by atoms with E-state index in [1.54, 1.807) is 18.3 Å². The molecule has 0 aliphatic rings. The zero-order chi connectivity index (χ0) is 12.8. The van der Waals surface area contributed by atoms with Crippen LogP contribution in [0.1, 0.15) is 5.56 Å². The molecular weight excluding hydrogens is 267 g/mol. The highest BCUT2D eigenvalue weighted by molar-refractivity contribution is 7.92. The summed E-state index contributed by atoms with van der Waals surface area (Å²) in [6.45, 7) is 2.25. The molecule has 2 aromatic heterocycles. The van der Waals surface area contributed by atoms with Crippen LogP contribution in [0.3, 0.4) is 0 Å². The zero-order valence-electron chi connectivity index (χ0n) is 9.18. The van der Waals surface area contributed by atoms with E-state index in [1.165, 1.54) is 11.1 Å². The van der Waals surface area contributed by atoms with Crippen molar-refractivity contribution >= 4 is 41.4 Å². The number of rotatable bonds is 2. The van der Waals surface area contributed by atoms with Crippen LogP contribution in [0.15, 0.2) is 18.3 Å². The van der Waals surface area contributed by atoms with Gasteiger partial charge in [-0.25, -0.2) is 4.98 Å². The number of carbonyl (C=O) groups excluding carboxylic acids is 1. The van der Waals surface area contributed by atoms with Crippen LogP contribution in [0.5, 0.6) is 0 Å². The lowest BCUT2D eigenvalue weighted by Gasteiger charge is -2.00. The van der Waals surface area contributed by atoms with Crippen molar-refractivity contribution in [1.82, 2.24) is 8.96 Å². The second-order valence-electron chi connectivity index (χ2n) is 3.04. The SMILES string of the molecule is COC=O.Cc1cc(Cl)nc2ccn(SF)c12. The maximum atomic E-state index is 12.4. The van der Waals surface area contributed by atoms with E-state index in [9.17, 15) is 3.89 Å². The summed E-state index contributed by atoms with van der Waals surface area (Å²) >= 11 is 5.91. The standard InChI is InChI=1S/C8H6ClFN2S.C2H4O2/c1-5-4-7(9)11-6-2-3-12(13-10)8(5)6;1-4-2-3/h2-4H,1H3;2H,1H3. The molecule has 7 heteroatoms. The van der Waals surface area contributed by atoms with Crippen molar-refractivity contribution < 1.29 is 13.4 Å². The van der Waals surface area contributed by atoms with Crippen molar-refractivity contribution in [3.63, 3.8) is 0 Å². The summed E-state index contributed by atoms with van der Waals surface area (Å²) in [5, 5.41) is 0.437. The van der Waals surface area contributed by atoms with Crippen LogP contribution in [0.25, 0.3) is 11.0 Å². The first-order chi connectivity index (χ1) is 8.13. The molecule has 0 aliphatic heterocycles. The number of pyridine rings is 1. The first-order valence-corrected chi connectivity index (χ1v) is 5.59. The van der Waals surface area contributed by atoms with Gasteiger partial charge in [-0.15, -0.1) is 3.89 Å². The second-order valence-corrected chi connectivity index (χ2v) is 3.96. The number of carbonyl (C=O) groups is 1. The fourth-order valence-electron chi connectivity index (χ4n) is 1.32. The van der Waals surface area contributed by atoms with Crippen LogP contribution in [-0.4, -0.2) is 22.5 Å². The Hall–Kier alpha value is -1.27. The van der Waals surface area contributed by atoms with Gasteiger partial charge in [-0.2, -0.15) is 0 Å². The van der Waals surface area contributed by atoms with Gasteiger partial charge in [0.2, 0.25) is 0 Å². The summed E-state index contributed by atoms with van der Waals surface area (Å²) < 4.78 is 17.7. The molecule has 92 valence electrons. The van der Waals surface area contributed by atoms with Crippen LogP contribution < -0.4 is 0 Å². The van der Waals surface area contributed by atoms with Gasteiger partial charge in [0, 0.05) is 6.20 Å². The molecule has 0 spiro atoms. The van der Waals surface area contributed by atoms with Gasteiger partial charge in [0.05, 0.1) is 18.1 Å². The topological polar surface area (TPSA) is 44.1 Å². The lowest BCUT2D eigenvalue weighted by Crippen LogP contribution is -1.86. The Morgan fingerprint density at radius 2 is 2.29 bits per heavy atom. The fourth-order valence-corrected chi connectivity index (χ4v) is 1.99. The van der Waals surface area contributed by atoms with E-state index in [0.29, 0.717) is 11.6 Å². The number of nitrogens with zero attached hydrogens (tertiary/aromatic N) is 2. The quantitative estimate of drug-likeness (QED) is 0.624. The number of aromatic nitrogens is 2. The van der Waals surface area contributed by atoms with E-state index in [4.69, 9.17) is 16.4 Å². The lowest BCUT2D eigenvalue weighted by atomic mass is 10.2. The molecule has 4 nitrogen and oxygen atoms in total. The minimum absolute atomic E-state index is 0.159. The second kappa shape index (κ2) is 6.46. The van der Waals surface area contributed by atoms with E-state index in [1.807, 2.05) is 6.92 Å². The van der Waals surface area contributed by atoms with E-state index in [-0.39, 0.29) is 12.3 Å². The van der Waals surface area contributed by atoms with Crippen molar-refractivity contribution in [2.45, 2.75) is 6.92 Å². The van der Waals surface area contributed by atoms with E-state index in [0.717, 1.165) is 16.6 Å². The van der Waals surface area contributed by atoms with Gasteiger partial charge in [-0.3, -0.25) is 8.77 Å². The molecule has 0 radical (unpaired) electrons. The van der Waals surface area contributed by atoms with Crippen molar-refractivity contribution in [2.75, 3.05) is 7.11 Å². The first-order valence-electron chi connectivity index (χ1n) is 4.53. The number of aryl methyl sites for hydroxylation is 1. The first kappa shape index (κ1) is 13.8. The minimum Gasteiger partial charge on any atom is -0.471 e. The Bertz CT molecular complexity index is 518. The number of ether oxygens (including phenoxy) is 1. The minimum atomic E-state index is 0.159. The summed E-state index contributed by atoms with van der Waals surface area (Å²) in [4.78, 5) is 13.0. The van der Waals surface area contributed by atoms with Gasteiger partial charge >= 0.3 is 0 Å². The third-order valence-corrected chi connectivity index (χ3v) is 2.58. The molecule has 0 saturated heterocycles. The molecular formula is C10H10ClFN2O2S. The number of hydrogen-bond donors (Lipinski definition) is 0. The monoisotopic (exact) mass is 276 g/mol. The fraction of sp³-hybridized carbons (Fsp3) is 0.200. The van der Waals surface area contributed by atoms with Gasteiger partial charge in [0.1, 0.15) is 5.15 Å². The number of fused-ring (bicyclic) bond motifs is 1. The van der Waals surface area contributed by atoms with Gasteiger partial charge < -0.3 is 4.74 Å². The predicted octanol–water partition coefficient (Wildman–Crippen LogP) is 3.17. The molecule has 2 rings (SSSR count). The third kappa shape index (κ3) is 3.34. The van der Waals surface area contributed by atoms with Crippen molar-refractivity contribution in [3.05, 3.63) is 29.0 Å². The molecule has 0 atom stereocenters. The Kier molecular flexibility index (Phi) is 5.24. The molecule has 0 aliphatic carbocycles. The van der Waals surface area contributed by atoms with Crippen molar-refractivity contribution in [3.8, 4) is 0 Å². The Balaban J connectivity index is 0.000000317. The molecule has 0 fully saturated rings. The maximum absolute atomic E-state index is 12.4. The molecule has 0 unspecified atom stereocenters. The molecule has 0 aromatic carbocycles. The van der Waals surface area contributed by atoms with Crippen LogP contribution >= 0.6 is 23.9 Å². The molecule has 0 bridgehead atoms. The molecule has 2 aromatic rings. The maximum Gasteiger partial charge on any atom is 0.292 e. The van der Waals surface area contributed by atoms with Gasteiger partial charge in [-0.05, 0) is 24.6 Å². The highest BCUT2D eigenvalue weighted by Gasteiger charge is 2.06. The van der Waals surface area contributed by atoms with Gasteiger partial charge in [0.15, 0.2) is 12.3 Å². The highest BCUT2D eigenvalue weighted by atomic mass is 35.5. The Labute approximate surface area is 107 Å². The van der Waals surface area contributed by atoms with Gasteiger partial charge in [-0.1, -0.05) is 11.6 Å². The number of hydrogen-bond acceptors (Lipinski definition) is 4. The number of methoxy groups -OCH3 is 1. The van der Waals surface area contributed by atoms with Crippen LogP contribution in [-0.2, 0) is 9.53 Å². The number of halogens is 2. The average Bonchev–Trinajstić information content (AvgIpc) is 2.72. The largest absolute Gasteiger partial charge is 0.471 e. The average molecular weight is 277 g/mol. The molecule has 0 amide bonds. The molecule has 2 heterocycles. The molecule has 0 N–H and O–H groups in total. The Morgan fingerprint density at radius 3 is 2.82 bits per heavy atom. The van der Waals surface area contributed by atoms with Gasteiger partial charge in [0.25, 0.3) is 6.47 Å². The van der Waals surface area contributed by atoms with Crippen LogP contribution in [0.4, 0.5) is 3.89 Å². The zero-order valence-corrected chi connectivity index (χ0v) is 10.8. The van der Waals surface area contributed by atoms with Crippen molar-refractivity contribution in [1.29, 1.82) is 0 Å². The summed E-state index contributed by atoms with van der Waals surface area (Å²) in [5.74, 6) is 0. The highest BCUT2D eigenvalue weighted by Crippen LogP contribution is 2.25. The Morgan fingerprint density at radius 1 is 1.65 bits per heavy atom. The molecule has 17 heavy (non-hydrogen) atoms. The van der Waals surface area contributed by atoms with Crippen LogP contribution in [0, 0.1) is 6.92 Å². The smallest absolute Gasteiger partial charge is 0.292 e. The summed E-state index contributed by atoms with van der Waals surface area (Å²) in [6.07, 6.45) is 1.63. The summed E-state index contributed by atoms with van der Waals surface area (Å²) in [6, 6.07) is 3.46. The van der Waals surface area contributed by atoms with E-state index < -0.39 is 0 Å². The van der Waals surface area contributed by atoms with Crippen molar-refractivity contribution in [2.24, 2.45) is 0 Å². The third-order valence-electron chi connectivity index (χ3n) is 1.94. The summed E-state index contributed by atoms with van der Waals surface area (Å²) in [5.41, 5.74) is 2.41. The lowest BCUT2D eigenvalue weighted by molar-refractivity contribution is -0.126. The van der Waals surface area contributed by atoms with E-state index in [2.05, 4.69) is 9.72 Å². The van der Waals surface area contributed by atoms with E-state index >= 15 is 0 Å². The molecule has 0 saturated carbocycles. The summed E-state index contributed by atoms with van der Waals surface area (Å²) in [7, 11) is 1.31. The van der Waals surface area contributed by atoms with Crippen LogP contribution in [0.2, 0.25) is 5.15 Å². The predicted molar refractivity (Wildman–Crippen MR) is 66.7 cm³/mol. The normalized spacial score (nSPS) is 9.65.